The highest BCUT2D eigenvalue weighted by atomic mass is 16.4. The molecule has 0 aromatic carbocycles. The molecule has 0 aliphatic rings. The number of aryl methyl sites for hydroxylation is 1. The molecule has 118 valence electrons. The van der Waals surface area contributed by atoms with E-state index in [-0.39, 0.29) is 12.3 Å². The van der Waals surface area contributed by atoms with E-state index in [2.05, 4.69) is 20.2 Å². The second-order valence-corrected chi connectivity index (χ2v) is 5.45. The summed E-state index contributed by atoms with van der Waals surface area (Å²) in [4.78, 5) is 22.5. The standard InChI is InChI=1S/C16H22N4O2/c1-12-14(10-15(21)18-8-5-9-20(2)3)19-16(22-12)13-6-4-7-17-11-13/h4,6-7,11H,5,8-10H2,1-3H3,(H,18,21). The van der Waals surface area contributed by atoms with Gasteiger partial charge in [-0.2, -0.15) is 0 Å². The maximum absolute atomic E-state index is 11.9. The highest BCUT2D eigenvalue weighted by Gasteiger charge is 2.14. The van der Waals surface area contributed by atoms with Crippen LogP contribution in [-0.2, 0) is 11.2 Å². The Balaban J connectivity index is 1.90. The average molecular weight is 302 g/mol. The summed E-state index contributed by atoms with van der Waals surface area (Å²) in [6, 6.07) is 3.70. The van der Waals surface area contributed by atoms with Gasteiger partial charge in [0.25, 0.3) is 0 Å². The van der Waals surface area contributed by atoms with Crippen LogP contribution in [-0.4, -0.2) is 48.0 Å². The summed E-state index contributed by atoms with van der Waals surface area (Å²) in [5.41, 5.74) is 1.48. The van der Waals surface area contributed by atoms with Gasteiger partial charge in [-0.05, 0) is 46.1 Å². The number of aromatic nitrogens is 2. The van der Waals surface area contributed by atoms with Gasteiger partial charge in [-0.3, -0.25) is 9.78 Å². The van der Waals surface area contributed by atoms with Crippen molar-refractivity contribution in [3.8, 4) is 11.5 Å². The Hall–Kier alpha value is -2.21. The summed E-state index contributed by atoms with van der Waals surface area (Å²) in [5.74, 6) is 1.14. The van der Waals surface area contributed by atoms with E-state index < -0.39 is 0 Å². The third-order valence-electron chi connectivity index (χ3n) is 3.23. The van der Waals surface area contributed by atoms with E-state index in [0.29, 0.717) is 23.9 Å². The Morgan fingerprint density at radius 1 is 1.41 bits per heavy atom. The molecule has 0 aliphatic carbocycles. The van der Waals surface area contributed by atoms with E-state index in [1.807, 2.05) is 33.2 Å². The quantitative estimate of drug-likeness (QED) is 0.788. The van der Waals surface area contributed by atoms with Gasteiger partial charge >= 0.3 is 0 Å². The van der Waals surface area contributed by atoms with Gasteiger partial charge < -0.3 is 14.6 Å². The number of nitrogens with zero attached hydrogens (tertiary/aromatic N) is 3. The Morgan fingerprint density at radius 2 is 2.23 bits per heavy atom. The molecule has 0 fully saturated rings. The van der Waals surface area contributed by atoms with E-state index in [9.17, 15) is 4.79 Å². The molecule has 1 N–H and O–H groups in total. The molecule has 6 heteroatoms. The summed E-state index contributed by atoms with van der Waals surface area (Å²) in [7, 11) is 4.03. The summed E-state index contributed by atoms with van der Waals surface area (Å²) >= 11 is 0. The zero-order valence-electron chi connectivity index (χ0n) is 13.3. The Morgan fingerprint density at radius 3 is 2.91 bits per heavy atom. The lowest BCUT2D eigenvalue weighted by atomic mass is 10.2. The van der Waals surface area contributed by atoms with Gasteiger partial charge in [0, 0.05) is 18.9 Å². The zero-order chi connectivity index (χ0) is 15.9. The number of amides is 1. The van der Waals surface area contributed by atoms with E-state index in [1.54, 1.807) is 12.4 Å². The summed E-state index contributed by atoms with van der Waals surface area (Å²) < 4.78 is 5.62. The highest BCUT2D eigenvalue weighted by Crippen LogP contribution is 2.20. The molecule has 0 radical (unpaired) electrons. The molecule has 2 rings (SSSR count). The minimum Gasteiger partial charge on any atom is -0.441 e. The van der Waals surface area contributed by atoms with Crippen LogP contribution in [0.5, 0.6) is 0 Å². The smallest absolute Gasteiger partial charge is 0.228 e. The van der Waals surface area contributed by atoms with Crippen molar-refractivity contribution in [2.45, 2.75) is 19.8 Å². The third kappa shape index (κ3) is 4.66. The van der Waals surface area contributed by atoms with Crippen LogP contribution in [0.3, 0.4) is 0 Å². The fraction of sp³-hybridized carbons (Fsp3) is 0.438. The minimum absolute atomic E-state index is 0.0344. The maximum atomic E-state index is 11.9. The maximum Gasteiger partial charge on any atom is 0.228 e. The van der Waals surface area contributed by atoms with Crippen LogP contribution in [0.1, 0.15) is 17.9 Å². The van der Waals surface area contributed by atoms with Crippen molar-refractivity contribution in [1.29, 1.82) is 0 Å². The van der Waals surface area contributed by atoms with Crippen LogP contribution in [0.2, 0.25) is 0 Å². The van der Waals surface area contributed by atoms with Crippen LogP contribution >= 0.6 is 0 Å². The molecule has 0 spiro atoms. The first-order valence-corrected chi connectivity index (χ1v) is 7.34. The van der Waals surface area contributed by atoms with Crippen LogP contribution in [0.15, 0.2) is 28.9 Å². The predicted octanol–water partition coefficient (Wildman–Crippen LogP) is 1.66. The molecule has 2 aromatic heterocycles. The van der Waals surface area contributed by atoms with E-state index >= 15 is 0 Å². The molecule has 0 saturated carbocycles. The van der Waals surface area contributed by atoms with Crippen molar-refractivity contribution in [1.82, 2.24) is 20.2 Å². The summed E-state index contributed by atoms with van der Waals surface area (Å²) in [6.45, 7) is 3.44. The number of hydrogen-bond acceptors (Lipinski definition) is 5. The van der Waals surface area contributed by atoms with Gasteiger partial charge in [-0.25, -0.2) is 4.98 Å². The van der Waals surface area contributed by atoms with Crippen molar-refractivity contribution in [3.05, 3.63) is 36.0 Å². The molecule has 1 amide bonds. The number of oxazole rings is 1. The molecule has 0 saturated heterocycles. The first-order valence-electron chi connectivity index (χ1n) is 7.34. The fourth-order valence-corrected chi connectivity index (χ4v) is 2.04. The number of rotatable bonds is 7. The largest absolute Gasteiger partial charge is 0.441 e. The normalized spacial score (nSPS) is 10.9. The number of pyridine rings is 1. The van der Waals surface area contributed by atoms with Gasteiger partial charge in [0.2, 0.25) is 11.8 Å². The van der Waals surface area contributed by atoms with E-state index in [0.717, 1.165) is 18.5 Å². The summed E-state index contributed by atoms with van der Waals surface area (Å²) in [6.07, 6.45) is 4.55. The number of nitrogens with one attached hydrogen (secondary N) is 1. The van der Waals surface area contributed by atoms with Crippen molar-refractivity contribution in [3.63, 3.8) is 0 Å². The average Bonchev–Trinajstić information content (AvgIpc) is 2.85. The van der Waals surface area contributed by atoms with Crippen LogP contribution in [0.25, 0.3) is 11.5 Å². The van der Waals surface area contributed by atoms with Crippen molar-refractivity contribution >= 4 is 5.91 Å². The van der Waals surface area contributed by atoms with Crippen LogP contribution < -0.4 is 5.32 Å². The topological polar surface area (TPSA) is 71.3 Å². The lowest BCUT2D eigenvalue weighted by Crippen LogP contribution is -2.28. The SMILES string of the molecule is Cc1oc(-c2cccnc2)nc1CC(=O)NCCCN(C)C. The first kappa shape index (κ1) is 16.2. The minimum atomic E-state index is -0.0344. The Labute approximate surface area is 130 Å². The van der Waals surface area contributed by atoms with Gasteiger partial charge in [0.15, 0.2) is 0 Å². The van der Waals surface area contributed by atoms with Gasteiger partial charge in [-0.1, -0.05) is 0 Å². The van der Waals surface area contributed by atoms with E-state index in [4.69, 9.17) is 4.42 Å². The number of hydrogen-bond donors (Lipinski definition) is 1. The fourth-order valence-electron chi connectivity index (χ4n) is 2.04. The third-order valence-corrected chi connectivity index (χ3v) is 3.23. The highest BCUT2D eigenvalue weighted by molar-refractivity contribution is 5.78. The van der Waals surface area contributed by atoms with Crippen molar-refractivity contribution in [2.75, 3.05) is 27.2 Å². The number of carbonyl (C=O) groups is 1. The van der Waals surface area contributed by atoms with Gasteiger partial charge in [0.05, 0.1) is 17.7 Å². The van der Waals surface area contributed by atoms with Crippen molar-refractivity contribution in [2.24, 2.45) is 0 Å². The van der Waals surface area contributed by atoms with Crippen LogP contribution in [0.4, 0.5) is 0 Å². The zero-order valence-corrected chi connectivity index (χ0v) is 13.3. The molecular formula is C16H22N4O2. The molecule has 0 aliphatic heterocycles. The lowest BCUT2D eigenvalue weighted by molar-refractivity contribution is -0.120. The predicted molar refractivity (Wildman–Crippen MR) is 84.4 cm³/mol. The molecule has 0 unspecified atom stereocenters. The van der Waals surface area contributed by atoms with E-state index in [1.165, 1.54) is 0 Å². The molecule has 0 bridgehead atoms. The molecular weight excluding hydrogens is 280 g/mol. The Bertz CT molecular complexity index is 608. The van der Waals surface area contributed by atoms with Gasteiger partial charge in [0.1, 0.15) is 5.76 Å². The molecule has 2 heterocycles. The Kier molecular flexibility index (Phi) is 5.66. The molecule has 0 atom stereocenters. The molecule has 6 nitrogen and oxygen atoms in total. The van der Waals surface area contributed by atoms with Gasteiger partial charge in [-0.15, -0.1) is 0 Å². The first-order chi connectivity index (χ1) is 10.6. The molecule has 22 heavy (non-hydrogen) atoms. The second-order valence-electron chi connectivity index (χ2n) is 5.45. The van der Waals surface area contributed by atoms with Crippen molar-refractivity contribution < 1.29 is 9.21 Å². The monoisotopic (exact) mass is 302 g/mol. The molecule has 2 aromatic rings. The number of carbonyl (C=O) groups excluding carboxylic acids is 1. The second kappa shape index (κ2) is 7.70. The summed E-state index contributed by atoms with van der Waals surface area (Å²) in [5, 5.41) is 2.90. The van der Waals surface area contributed by atoms with Crippen LogP contribution in [0, 0.1) is 6.92 Å². The lowest BCUT2D eigenvalue weighted by Gasteiger charge is -2.09.